The van der Waals surface area contributed by atoms with Crippen LogP contribution in [0.4, 0.5) is 5.69 Å². The molecule has 1 saturated carbocycles. The number of amides is 2. The lowest BCUT2D eigenvalue weighted by atomic mass is 10.0. The first kappa shape index (κ1) is 18.7. The predicted octanol–water partition coefficient (Wildman–Crippen LogP) is 3.43. The molecule has 28 heavy (non-hydrogen) atoms. The lowest BCUT2D eigenvalue weighted by Gasteiger charge is -2.32. The molecule has 2 aromatic rings. The van der Waals surface area contributed by atoms with Crippen molar-refractivity contribution in [2.75, 3.05) is 18.4 Å². The van der Waals surface area contributed by atoms with Crippen LogP contribution in [-0.2, 0) is 11.3 Å². The smallest absolute Gasteiger partial charge is 0.255 e. The van der Waals surface area contributed by atoms with Crippen molar-refractivity contribution in [3.63, 3.8) is 0 Å². The van der Waals surface area contributed by atoms with Crippen molar-refractivity contribution in [2.45, 2.75) is 38.3 Å². The van der Waals surface area contributed by atoms with Crippen molar-refractivity contribution >= 4 is 17.5 Å². The van der Waals surface area contributed by atoms with Crippen LogP contribution in [0.25, 0.3) is 0 Å². The van der Waals surface area contributed by atoms with Gasteiger partial charge in [-0.25, -0.2) is 0 Å². The normalized spacial score (nSPS) is 17.9. The molecular formula is C23H27N3O2. The van der Waals surface area contributed by atoms with Gasteiger partial charge in [0.1, 0.15) is 0 Å². The average molecular weight is 377 g/mol. The molecule has 146 valence electrons. The summed E-state index contributed by atoms with van der Waals surface area (Å²) in [5, 5.41) is 6.10. The van der Waals surface area contributed by atoms with Gasteiger partial charge in [0.05, 0.1) is 0 Å². The number of benzene rings is 2. The minimum atomic E-state index is -0.0926. The third-order valence-electron chi connectivity index (χ3n) is 5.54. The largest absolute Gasteiger partial charge is 0.353 e. The van der Waals surface area contributed by atoms with Crippen LogP contribution in [0, 0.1) is 5.92 Å². The van der Waals surface area contributed by atoms with Gasteiger partial charge >= 0.3 is 0 Å². The van der Waals surface area contributed by atoms with E-state index in [9.17, 15) is 9.59 Å². The monoisotopic (exact) mass is 377 g/mol. The Labute approximate surface area is 166 Å². The van der Waals surface area contributed by atoms with Gasteiger partial charge in [-0.3, -0.25) is 14.5 Å². The van der Waals surface area contributed by atoms with E-state index in [1.54, 1.807) is 0 Å². The molecule has 0 spiro atoms. The maximum absolute atomic E-state index is 12.3. The minimum Gasteiger partial charge on any atom is -0.353 e. The molecule has 1 aliphatic heterocycles. The summed E-state index contributed by atoms with van der Waals surface area (Å²) in [6.07, 6.45) is 4.14. The molecule has 2 fully saturated rings. The lowest BCUT2D eigenvalue weighted by molar-refractivity contribution is -0.123. The van der Waals surface area contributed by atoms with E-state index >= 15 is 0 Å². The predicted molar refractivity (Wildman–Crippen MR) is 110 cm³/mol. The van der Waals surface area contributed by atoms with Crippen molar-refractivity contribution in [2.24, 2.45) is 5.92 Å². The number of nitrogens with zero attached hydrogens (tertiary/aromatic N) is 1. The summed E-state index contributed by atoms with van der Waals surface area (Å²) in [7, 11) is 0. The molecule has 4 rings (SSSR count). The van der Waals surface area contributed by atoms with E-state index < -0.39 is 0 Å². The van der Waals surface area contributed by atoms with E-state index in [-0.39, 0.29) is 17.7 Å². The molecule has 1 aliphatic carbocycles. The summed E-state index contributed by atoms with van der Waals surface area (Å²) in [6, 6.07) is 17.6. The number of rotatable bonds is 6. The zero-order valence-electron chi connectivity index (χ0n) is 16.1. The van der Waals surface area contributed by atoms with Crippen LogP contribution in [0.1, 0.15) is 41.6 Å². The SMILES string of the molecule is O=C(Nc1ccccc1)c1ccc(CN2CCC(NC(=O)C3CC3)CC2)cc1. The summed E-state index contributed by atoms with van der Waals surface area (Å²) >= 11 is 0. The van der Waals surface area contributed by atoms with Crippen LogP contribution in [0.2, 0.25) is 0 Å². The molecule has 0 radical (unpaired) electrons. The summed E-state index contributed by atoms with van der Waals surface area (Å²) in [5.41, 5.74) is 2.67. The Morgan fingerprint density at radius 1 is 0.893 bits per heavy atom. The zero-order chi connectivity index (χ0) is 19.3. The molecule has 0 bridgehead atoms. The van der Waals surface area contributed by atoms with Gasteiger partial charge in [-0.05, 0) is 55.5 Å². The highest BCUT2D eigenvalue weighted by Crippen LogP contribution is 2.29. The molecule has 0 atom stereocenters. The molecular weight excluding hydrogens is 350 g/mol. The first-order valence-corrected chi connectivity index (χ1v) is 10.2. The fourth-order valence-corrected chi connectivity index (χ4v) is 3.64. The van der Waals surface area contributed by atoms with E-state index in [1.807, 2.05) is 54.6 Å². The molecule has 1 heterocycles. The van der Waals surface area contributed by atoms with E-state index in [2.05, 4.69) is 15.5 Å². The third kappa shape index (κ3) is 4.98. The fourth-order valence-electron chi connectivity index (χ4n) is 3.64. The molecule has 0 aromatic heterocycles. The van der Waals surface area contributed by atoms with Crippen molar-refractivity contribution in [3.8, 4) is 0 Å². The van der Waals surface area contributed by atoms with Crippen LogP contribution in [0.15, 0.2) is 54.6 Å². The summed E-state index contributed by atoms with van der Waals surface area (Å²) in [5.74, 6) is 0.448. The number of carbonyl (C=O) groups is 2. The first-order chi connectivity index (χ1) is 13.7. The fraction of sp³-hybridized carbons (Fsp3) is 0.391. The van der Waals surface area contributed by atoms with Gasteiger partial charge in [0.15, 0.2) is 0 Å². The minimum absolute atomic E-state index is 0.0926. The topological polar surface area (TPSA) is 61.4 Å². The van der Waals surface area contributed by atoms with Gasteiger partial charge in [0.2, 0.25) is 5.91 Å². The second-order valence-corrected chi connectivity index (χ2v) is 7.85. The second kappa shape index (κ2) is 8.57. The maximum Gasteiger partial charge on any atom is 0.255 e. The van der Waals surface area contributed by atoms with Crippen molar-refractivity contribution in [1.29, 1.82) is 0 Å². The number of nitrogens with one attached hydrogen (secondary N) is 2. The quantitative estimate of drug-likeness (QED) is 0.811. The van der Waals surface area contributed by atoms with Crippen molar-refractivity contribution in [3.05, 3.63) is 65.7 Å². The Bertz CT molecular complexity index is 808. The van der Waals surface area contributed by atoms with Crippen LogP contribution in [0.5, 0.6) is 0 Å². The number of para-hydroxylation sites is 1. The number of hydrogen-bond donors (Lipinski definition) is 2. The Morgan fingerprint density at radius 2 is 1.57 bits per heavy atom. The number of carbonyl (C=O) groups excluding carboxylic acids is 2. The summed E-state index contributed by atoms with van der Waals surface area (Å²) in [6.45, 7) is 2.86. The van der Waals surface area contributed by atoms with Gasteiger partial charge < -0.3 is 10.6 Å². The Hall–Kier alpha value is -2.66. The highest BCUT2D eigenvalue weighted by atomic mass is 16.2. The van der Waals surface area contributed by atoms with Crippen molar-refractivity contribution < 1.29 is 9.59 Å². The Morgan fingerprint density at radius 3 is 2.21 bits per heavy atom. The first-order valence-electron chi connectivity index (χ1n) is 10.2. The van der Waals surface area contributed by atoms with E-state index in [0.29, 0.717) is 11.6 Å². The van der Waals surface area contributed by atoms with Crippen LogP contribution < -0.4 is 10.6 Å². The molecule has 0 unspecified atom stereocenters. The number of piperidine rings is 1. The molecule has 2 aliphatic rings. The third-order valence-corrected chi connectivity index (χ3v) is 5.54. The Balaban J connectivity index is 1.24. The number of hydrogen-bond acceptors (Lipinski definition) is 3. The van der Waals surface area contributed by atoms with E-state index in [0.717, 1.165) is 51.0 Å². The second-order valence-electron chi connectivity index (χ2n) is 7.85. The van der Waals surface area contributed by atoms with Gasteiger partial charge in [-0.1, -0.05) is 30.3 Å². The molecule has 5 nitrogen and oxygen atoms in total. The van der Waals surface area contributed by atoms with Gasteiger partial charge in [-0.15, -0.1) is 0 Å². The highest BCUT2D eigenvalue weighted by Gasteiger charge is 2.31. The maximum atomic E-state index is 12.3. The average Bonchev–Trinajstić information content (AvgIpc) is 3.56. The molecule has 5 heteroatoms. The molecule has 2 amide bonds. The standard InChI is InChI=1S/C23H27N3O2/c27-22(24-20-4-2-1-3-5-20)18-8-6-17(7-9-18)16-26-14-12-21(13-15-26)25-23(28)19-10-11-19/h1-9,19,21H,10-16H2,(H,24,27)(H,25,28). The van der Waals surface area contributed by atoms with Gasteiger partial charge in [0.25, 0.3) is 5.91 Å². The number of likely N-dealkylation sites (tertiary alicyclic amines) is 1. The van der Waals surface area contributed by atoms with Crippen molar-refractivity contribution in [1.82, 2.24) is 10.2 Å². The molecule has 1 saturated heterocycles. The highest BCUT2D eigenvalue weighted by molar-refractivity contribution is 6.04. The van der Waals surface area contributed by atoms with Crippen LogP contribution in [-0.4, -0.2) is 35.8 Å². The summed E-state index contributed by atoms with van der Waals surface area (Å²) < 4.78 is 0. The van der Waals surface area contributed by atoms with Gasteiger partial charge in [0, 0.05) is 42.8 Å². The lowest BCUT2D eigenvalue weighted by Crippen LogP contribution is -2.44. The van der Waals surface area contributed by atoms with E-state index in [1.165, 1.54) is 5.56 Å². The molecule has 2 N–H and O–H groups in total. The van der Waals surface area contributed by atoms with Gasteiger partial charge in [-0.2, -0.15) is 0 Å². The van der Waals surface area contributed by atoms with E-state index in [4.69, 9.17) is 0 Å². The Kier molecular flexibility index (Phi) is 5.72. The van der Waals surface area contributed by atoms with Crippen LogP contribution >= 0.6 is 0 Å². The van der Waals surface area contributed by atoms with Crippen LogP contribution in [0.3, 0.4) is 0 Å². The summed E-state index contributed by atoms with van der Waals surface area (Å²) in [4.78, 5) is 26.6. The number of anilines is 1. The zero-order valence-corrected chi connectivity index (χ0v) is 16.1. The molecule has 2 aromatic carbocycles.